The van der Waals surface area contributed by atoms with Crippen LogP contribution in [-0.4, -0.2) is 20.2 Å². The molecule has 0 fully saturated rings. The molecule has 0 unspecified atom stereocenters. The zero-order valence-corrected chi connectivity index (χ0v) is 17.9. The maximum atomic E-state index is 12.4. The zero-order valence-electron chi connectivity index (χ0n) is 16.3. The van der Waals surface area contributed by atoms with Crippen molar-refractivity contribution in [3.8, 4) is 5.75 Å². The molecule has 4 rings (SSSR count). The molecule has 0 aromatic heterocycles. The third-order valence-corrected chi connectivity index (χ3v) is 6.00. The Kier molecular flexibility index (Phi) is 5.63. The van der Waals surface area contributed by atoms with Gasteiger partial charge in [-0.3, -0.25) is 4.79 Å². The molecule has 0 bridgehead atoms. The van der Waals surface area contributed by atoms with Gasteiger partial charge in [-0.25, -0.2) is 0 Å². The maximum absolute atomic E-state index is 12.4. The SMILES string of the molecule is Cc1ccccc1C1=NC(=O)/C(=C\c2ccc(OS(=O)(=O)c3ccc(Cl)cc3)cc2)O1. The van der Waals surface area contributed by atoms with E-state index in [1.54, 1.807) is 12.1 Å². The summed E-state index contributed by atoms with van der Waals surface area (Å²) in [6.45, 7) is 1.91. The van der Waals surface area contributed by atoms with E-state index in [2.05, 4.69) is 4.99 Å². The van der Waals surface area contributed by atoms with Crippen LogP contribution < -0.4 is 4.18 Å². The van der Waals surface area contributed by atoms with Crippen LogP contribution in [0.2, 0.25) is 5.02 Å². The monoisotopic (exact) mass is 453 g/mol. The van der Waals surface area contributed by atoms with Gasteiger partial charge in [-0.1, -0.05) is 41.9 Å². The van der Waals surface area contributed by atoms with Crippen molar-refractivity contribution in [3.63, 3.8) is 0 Å². The van der Waals surface area contributed by atoms with Crippen molar-refractivity contribution in [1.29, 1.82) is 0 Å². The lowest BCUT2D eigenvalue weighted by Crippen LogP contribution is -2.09. The molecule has 0 saturated carbocycles. The molecule has 1 amide bonds. The molecule has 156 valence electrons. The van der Waals surface area contributed by atoms with Crippen LogP contribution in [-0.2, 0) is 19.6 Å². The molecule has 0 radical (unpaired) electrons. The molecule has 0 N–H and O–H groups in total. The van der Waals surface area contributed by atoms with Gasteiger partial charge in [0.15, 0.2) is 5.76 Å². The molecule has 0 aliphatic carbocycles. The summed E-state index contributed by atoms with van der Waals surface area (Å²) in [5.41, 5.74) is 2.31. The summed E-state index contributed by atoms with van der Waals surface area (Å²) < 4.78 is 35.5. The van der Waals surface area contributed by atoms with Gasteiger partial charge in [0.2, 0.25) is 5.90 Å². The van der Waals surface area contributed by atoms with Crippen molar-refractivity contribution >= 4 is 39.6 Å². The molecular weight excluding hydrogens is 438 g/mol. The minimum Gasteiger partial charge on any atom is -0.432 e. The van der Waals surface area contributed by atoms with Crippen LogP contribution in [0.5, 0.6) is 5.75 Å². The molecule has 1 aliphatic heterocycles. The van der Waals surface area contributed by atoms with Gasteiger partial charge < -0.3 is 8.92 Å². The van der Waals surface area contributed by atoms with Crippen molar-refractivity contribution in [1.82, 2.24) is 0 Å². The number of aryl methyl sites for hydroxylation is 1. The summed E-state index contributed by atoms with van der Waals surface area (Å²) in [6, 6.07) is 19.4. The Hall–Kier alpha value is -3.42. The Morgan fingerprint density at radius 2 is 1.65 bits per heavy atom. The Balaban J connectivity index is 1.49. The van der Waals surface area contributed by atoms with Crippen molar-refractivity contribution in [2.75, 3.05) is 0 Å². The first-order valence-corrected chi connectivity index (χ1v) is 11.0. The van der Waals surface area contributed by atoms with Crippen molar-refractivity contribution in [2.24, 2.45) is 4.99 Å². The minimum absolute atomic E-state index is 0.00562. The number of amides is 1. The van der Waals surface area contributed by atoms with Crippen molar-refractivity contribution in [2.45, 2.75) is 11.8 Å². The maximum Gasteiger partial charge on any atom is 0.339 e. The quantitative estimate of drug-likeness (QED) is 0.411. The van der Waals surface area contributed by atoms with Crippen LogP contribution in [0.4, 0.5) is 0 Å². The molecule has 6 nitrogen and oxygen atoms in total. The second-order valence-corrected chi connectivity index (χ2v) is 8.69. The average molecular weight is 454 g/mol. The highest BCUT2D eigenvalue weighted by atomic mass is 35.5. The number of aliphatic imine (C=N–C) groups is 1. The topological polar surface area (TPSA) is 82.0 Å². The smallest absolute Gasteiger partial charge is 0.339 e. The van der Waals surface area contributed by atoms with Crippen molar-refractivity contribution < 1.29 is 22.1 Å². The minimum atomic E-state index is -3.99. The van der Waals surface area contributed by atoms with E-state index < -0.39 is 16.0 Å². The first kappa shape index (κ1) is 20.8. The molecule has 3 aromatic rings. The van der Waals surface area contributed by atoms with Crippen LogP contribution in [0.15, 0.2) is 88.4 Å². The third-order valence-electron chi connectivity index (χ3n) is 4.48. The number of nitrogens with zero attached hydrogens (tertiary/aromatic N) is 1. The van der Waals surface area contributed by atoms with Crippen LogP contribution in [0.25, 0.3) is 6.08 Å². The normalized spacial score (nSPS) is 15.0. The first-order chi connectivity index (χ1) is 14.8. The molecule has 1 aliphatic rings. The highest BCUT2D eigenvalue weighted by Gasteiger charge is 2.25. The predicted octanol–water partition coefficient (Wildman–Crippen LogP) is 4.76. The molecule has 8 heteroatoms. The fraction of sp³-hybridized carbons (Fsp3) is 0.0435. The van der Waals surface area contributed by atoms with Gasteiger partial charge in [0.25, 0.3) is 0 Å². The van der Waals surface area contributed by atoms with Crippen LogP contribution in [0.1, 0.15) is 16.7 Å². The Morgan fingerprint density at radius 3 is 2.32 bits per heavy atom. The summed E-state index contributed by atoms with van der Waals surface area (Å²) >= 11 is 5.79. The van der Waals surface area contributed by atoms with Crippen LogP contribution in [0.3, 0.4) is 0 Å². The average Bonchev–Trinajstić information content (AvgIpc) is 3.10. The highest BCUT2D eigenvalue weighted by Crippen LogP contribution is 2.24. The fourth-order valence-electron chi connectivity index (χ4n) is 2.88. The summed E-state index contributed by atoms with van der Waals surface area (Å²) in [5.74, 6) is -0.0134. The highest BCUT2D eigenvalue weighted by molar-refractivity contribution is 7.87. The van der Waals surface area contributed by atoms with Gasteiger partial charge >= 0.3 is 16.0 Å². The molecule has 31 heavy (non-hydrogen) atoms. The second kappa shape index (κ2) is 8.37. The molecule has 0 atom stereocenters. The second-order valence-electron chi connectivity index (χ2n) is 6.71. The lowest BCUT2D eigenvalue weighted by molar-refractivity contribution is -0.115. The standard InChI is InChI=1S/C23H16ClNO5S/c1-15-4-2-3-5-20(15)23-25-22(26)21(29-23)14-16-6-10-18(11-7-16)30-31(27,28)19-12-8-17(24)9-13-19/h2-14H,1H3/b21-14+. The Labute approximate surface area is 184 Å². The van der Waals surface area contributed by atoms with E-state index in [9.17, 15) is 13.2 Å². The molecule has 3 aromatic carbocycles. The van der Waals surface area contributed by atoms with E-state index in [1.165, 1.54) is 42.5 Å². The number of carbonyl (C=O) groups is 1. The van der Waals surface area contributed by atoms with Crippen LogP contribution >= 0.6 is 11.6 Å². The van der Waals surface area contributed by atoms with E-state index in [0.29, 0.717) is 10.6 Å². The number of hydrogen-bond acceptors (Lipinski definition) is 5. The van der Waals surface area contributed by atoms with Gasteiger partial charge in [0, 0.05) is 10.6 Å². The van der Waals surface area contributed by atoms with Gasteiger partial charge in [0.1, 0.15) is 10.6 Å². The van der Waals surface area contributed by atoms with Crippen LogP contribution in [0, 0.1) is 6.92 Å². The fourth-order valence-corrected chi connectivity index (χ4v) is 3.94. The predicted molar refractivity (Wildman–Crippen MR) is 117 cm³/mol. The lowest BCUT2D eigenvalue weighted by atomic mass is 10.1. The number of benzene rings is 3. The summed E-state index contributed by atoms with van der Waals surface area (Å²) in [4.78, 5) is 16.2. The number of carbonyl (C=O) groups excluding carboxylic acids is 1. The molecule has 0 spiro atoms. The van der Waals surface area contributed by atoms with Crippen molar-refractivity contribution in [3.05, 3.63) is 100 Å². The van der Waals surface area contributed by atoms with E-state index in [4.69, 9.17) is 20.5 Å². The van der Waals surface area contributed by atoms with E-state index in [0.717, 1.165) is 11.1 Å². The largest absolute Gasteiger partial charge is 0.432 e. The van der Waals surface area contributed by atoms with Gasteiger partial charge in [-0.15, -0.1) is 0 Å². The molecular formula is C23H16ClNO5S. The lowest BCUT2D eigenvalue weighted by Gasteiger charge is -2.07. The van der Waals surface area contributed by atoms with E-state index in [-0.39, 0.29) is 22.3 Å². The summed E-state index contributed by atoms with van der Waals surface area (Å²) in [6.07, 6.45) is 1.54. The number of ether oxygens (including phenoxy) is 1. The van der Waals surface area contributed by atoms with Gasteiger partial charge in [-0.05, 0) is 66.6 Å². The summed E-state index contributed by atoms with van der Waals surface area (Å²) in [5, 5.41) is 0.426. The first-order valence-electron chi connectivity index (χ1n) is 9.20. The summed E-state index contributed by atoms with van der Waals surface area (Å²) in [7, 11) is -3.99. The zero-order chi connectivity index (χ0) is 22.0. The molecule has 0 saturated heterocycles. The number of rotatable bonds is 5. The van der Waals surface area contributed by atoms with Gasteiger partial charge in [-0.2, -0.15) is 13.4 Å². The number of halogens is 1. The van der Waals surface area contributed by atoms with E-state index >= 15 is 0 Å². The molecule has 1 heterocycles. The van der Waals surface area contributed by atoms with Gasteiger partial charge in [0.05, 0.1) is 0 Å². The number of hydrogen-bond donors (Lipinski definition) is 0. The third kappa shape index (κ3) is 4.68. The Morgan fingerprint density at radius 1 is 0.968 bits per heavy atom. The van der Waals surface area contributed by atoms with E-state index in [1.807, 2.05) is 31.2 Å². The Bertz CT molecular complexity index is 1310.